The van der Waals surface area contributed by atoms with Gasteiger partial charge < -0.3 is 10.1 Å². The zero-order valence-electron chi connectivity index (χ0n) is 16.9. The van der Waals surface area contributed by atoms with E-state index in [0.717, 1.165) is 27.6 Å². The van der Waals surface area contributed by atoms with E-state index in [9.17, 15) is 14.9 Å². The molecule has 3 aromatic carbocycles. The molecule has 1 unspecified atom stereocenters. The second-order valence-electron chi connectivity index (χ2n) is 7.03. The number of anilines is 1. The van der Waals surface area contributed by atoms with Crippen LogP contribution in [0, 0.1) is 10.1 Å². The monoisotopic (exact) mass is 433 g/mol. The van der Waals surface area contributed by atoms with Crippen molar-refractivity contribution in [1.29, 1.82) is 0 Å². The van der Waals surface area contributed by atoms with Gasteiger partial charge in [-0.1, -0.05) is 24.3 Å². The number of non-ortho nitro benzene ring substituents is 1. The number of amides is 1. The van der Waals surface area contributed by atoms with Crippen LogP contribution in [-0.4, -0.2) is 22.9 Å². The van der Waals surface area contributed by atoms with Crippen molar-refractivity contribution in [3.63, 3.8) is 0 Å². The van der Waals surface area contributed by atoms with Crippen molar-refractivity contribution >= 4 is 38.8 Å². The Balaban J connectivity index is 1.48. The van der Waals surface area contributed by atoms with E-state index in [-0.39, 0.29) is 17.5 Å². The molecule has 1 N–H and O–H groups in total. The molecule has 1 aromatic heterocycles. The molecule has 0 fully saturated rings. The van der Waals surface area contributed by atoms with Crippen molar-refractivity contribution in [2.45, 2.75) is 12.8 Å². The highest BCUT2D eigenvalue weighted by Crippen LogP contribution is 2.29. The van der Waals surface area contributed by atoms with Gasteiger partial charge in [0, 0.05) is 23.1 Å². The minimum absolute atomic E-state index is 0.0233. The Morgan fingerprint density at radius 2 is 1.81 bits per heavy atom. The fourth-order valence-electron chi connectivity index (χ4n) is 3.22. The Labute approximate surface area is 182 Å². The highest BCUT2D eigenvalue weighted by atomic mass is 32.1. The number of carbonyl (C=O) groups is 1. The highest BCUT2D eigenvalue weighted by Gasteiger charge is 2.18. The van der Waals surface area contributed by atoms with Gasteiger partial charge in [-0.3, -0.25) is 14.9 Å². The van der Waals surface area contributed by atoms with E-state index in [0.29, 0.717) is 10.8 Å². The minimum Gasteiger partial charge on any atom is -0.497 e. The number of nitrogens with one attached hydrogen (secondary N) is 1. The SMILES string of the molecule is COc1ccc2cc(C(C)C(=O)Nc3nc(-c4ccc([N+](=O)[O-])cc4)cs3)ccc2c1. The van der Waals surface area contributed by atoms with Crippen molar-refractivity contribution in [3.05, 3.63) is 81.7 Å². The van der Waals surface area contributed by atoms with Crippen molar-refractivity contribution in [3.8, 4) is 17.0 Å². The van der Waals surface area contributed by atoms with E-state index in [1.165, 1.54) is 23.5 Å². The van der Waals surface area contributed by atoms with Gasteiger partial charge in [-0.15, -0.1) is 11.3 Å². The average Bonchev–Trinajstić information content (AvgIpc) is 3.26. The summed E-state index contributed by atoms with van der Waals surface area (Å²) in [7, 11) is 1.63. The molecule has 4 aromatic rings. The largest absolute Gasteiger partial charge is 0.497 e. The lowest BCUT2D eigenvalue weighted by Crippen LogP contribution is -2.18. The molecule has 8 heteroatoms. The highest BCUT2D eigenvalue weighted by molar-refractivity contribution is 7.14. The van der Waals surface area contributed by atoms with Gasteiger partial charge in [0.05, 0.1) is 23.6 Å². The summed E-state index contributed by atoms with van der Waals surface area (Å²) in [5, 5.41) is 18.0. The van der Waals surface area contributed by atoms with E-state index in [1.807, 2.05) is 48.7 Å². The fraction of sp³-hybridized carbons (Fsp3) is 0.130. The number of methoxy groups -OCH3 is 1. The summed E-state index contributed by atoms with van der Waals surface area (Å²) in [6.07, 6.45) is 0. The molecule has 0 aliphatic carbocycles. The maximum atomic E-state index is 12.8. The molecule has 7 nitrogen and oxygen atoms in total. The third-order valence-corrected chi connectivity index (χ3v) is 5.83. The number of nitro groups is 1. The van der Waals surface area contributed by atoms with E-state index < -0.39 is 4.92 Å². The number of benzene rings is 3. The number of fused-ring (bicyclic) bond motifs is 1. The number of ether oxygens (including phenoxy) is 1. The molecule has 0 aliphatic heterocycles. The lowest BCUT2D eigenvalue weighted by molar-refractivity contribution is -0.384. The van der Waals surface area contributed by atoms with Gasteiger partial charge in [0.15, 0.2) is 5.13 Å². The average molecular weight is 433 g/mol. The van der Waals surface area contributed by atoms with Gasteiger partial charge in [-0.05, 0) is 47.5 Å². The first-order chi connectivity index (χ1) is 14.9. The Hall–Kier alpha value is -3.78. The lowest BCUT2D eigenvalue weighted by atomic mass is 9.97. The number of thiazole rings is 1. The molecular weight excluding hydrogens is 414 g/mol. The van der Waals surface area contributed by atoms with Crippen LogP contribution in [0.5, 0.6) is 5.75 Å². The summed E-state index contributed by atoms with van der Waals surface area (Å²) in [4.78, 5) is 27.6. The molecular formula is C23H19N3O4S. The third-order valence-electron chi connectivity index (χ3n) is 5.07. The van der Waals surface area contributed by atoms with E-state index in [1.54, 1.807) is 19.2 Å². The number of hydrogen-bond acceptors (Lipinski definition) is 6. The lowest BCUT2D eigenvalue weighted by Gasteiger charge is -2.12. The predicted octanol–water partition coefficient (Wildman–Crippen LogP) is 5.62. The molecule has 0 spiro atoms. The second-order valence-corrected chi connectivity index (χ2v) is 7.88. The zero-order chi connectivity index (χ0) is 22.0. The number of carbonyl (C=O) groups excluding carboxylic acids is 1. The molecule has 1 atom stereocenters. The summed E-state index contributed by atoms with van der Waals surface area (Å²) in [6.45, 7) is 1.85. The first-order valence-corrected chi connectivity index (χ1v) is 10.4. The Kier molecular flexibility index (Phi) is 5.64. The number of aromatic nitrogens is 1. The van der Waals surface area contributed by atoms with E-state index in [4.69, 9.17) is 4.74 Å². The van der Waals surface area contributed by atoms with Crippen LogP contribution in [0.4, 0.5) is 10.8 Å². The van der Waals surface area contributed by atoms with Crippen molar-refractivity contribution in [1.82, 2.24) is 4.98 Å². The van der Waals surface area contributed by atoms with Crippen molar-refractivity contribution in [2.75, 3.05) is 12.4 Å². The van der Waals surface area contributed by atoms with E-state index in [2.05, 4.69) is 10.3 Å². The van der Waals surface area contributed by atoms with Crippen LogP contribution in [-0.2, 0) is 4.79 Å². The van der Waals surface area contributed by atoms with Crippen LogP contribution in [0.2, 0.25) is 0 Å². The second kappa shape index (κ2) is 8.53. The van der Waals surface area contributed by atoms with Gasteiger partial charge in [0.1, 0.15) is 5.75 Å². The first kappa shape index (κ1) is 20.5. The smallest absolute Gasteiger partial charge is 0.269 e. The zero-order valence-corrected chi connectivity index (χ0v) is 17.7. The molecule has 1 amide bonds. The van der Waals surface area contributed by atoms with Crippen molar-refractivity contribution < 1.29 is 14.5 Å². The quantitative estimate of drug-likeness (QED) is 0.314. The molecule has 0 bridgehead atoms. The maximum Gasteiger partial charge on any atom is 0.269 e. The van der Waals surface area contributed by atoms with Gasteiger partial charge in [-0.25, -0.2) is 4.98 Å². The fourth-order valence-corrected chi connectivity index (χ4v) is 3.94. The normalized spacial score (nSPS) is 11.8. The van der Waals surface area contributed by atoms with Crippen LogP contribution in [0.1, 0.15) is 18.4 Å². The summed E-state index contributed by atoms with van der Waals surface area (Å²) in [5.41, 5.74) is 2.33. The van der Waals surface area contributed by atoms with Crippen LogP contribution < -0.4 is 10.1 Å². The molecule has 4 rings (SSSR count). The number of nitrogens with zero attached hydrogens (tertiary/aromatic N) is 2. The number of nitro benzene ring substituents is 1. The molecule has 1 heterocycles. The molecule has 156 valence electrons. The third kappa shape index (κ3) is 4.39. The Bertz CT molecular complexity index is 1270. The molecule has 0 aliphatic rings. The van der Waals surface area contributed by atoms with Crippen molar-refractivity contribution in [2.24, 2.45) is 0 Å². The van der Waals surface area contributed by atoms with Gasteiger partial charge in [0.25, 0.3) is 5.69 Å². The van der Waals surface area contributed by atoms with Crippen LogP contribution in [0.25, 0.3) is 22.0 Å². The minimum atomic E-state index is -0.443. The predicted molar refractivity (Wildman–Crippen MR) is 122 cm³/mol. The number of hydrogen-bond donors (Lipinski definition) is 1. The van der Waals surface area contributed by atoms with Crippen LogP contribution >= 0.6 is 11.3 Å². The Morgan fingerprint density at radius 3 is 2.52 bits per heavy atom. The standard InChI is InChI=1S/C23H19N3O4S/c1-14(16-3-4-18-12-20(30-2)10-7-17(18)11-16)22(27)25-23-24-21(13-31-23)15-5-8-19(9-6-15)26(28)29/h3-14H,1-2H3,(H,24,25,27). The molecule has 0 radical (unpaired) electrons. The topological polar surface area (TPSA) is 94.4 Å². The van der Waals surface area contributed by atoms with Crippen LogP contribution in [0.15, 0.2) is 66.0 Å². The first-order valence-electron chi connectivity index (χ1n) is 9.53. The van der Waals surface area contributed by atoms with E-state index >= 15 is 0 Å². The maximum absolute atomic E-state index is 12.8. The molecule has 0 saturated carbocycles. The van der Waals surface area contributed by atoms with Crippen LogP contribution in [0.3, 0.4) is 0 Å². The number of rotatable bonds is 6. The summed E-state index contributed by atoms with van der Waals surface area (Å²) < 4.78 is 5.25. The summed E-state index contributed by atoms with van der Waals surface area (Å²) in [5.74, 6) is 0.273. The van der Waals surface area contributed by atoms with Gasteiger partial charge in [-0.2, -0.15) is 0 Å². The van der Waals surface area contributed by atoms with Gasteiger partial charge in [0.2, 0.25) is 5.91 Å². The Morgan fingerprint density at radius 1 is 1.10 bits per heavy atom. The molecule has 0 saturated heterocycles. The summed E-state index contributed by atoms with van der Waals surface area (Å²) in [6, 6.07) is 17.9. The van der Waals surface area contributed by atoms with Gasteiger partial charge >= 0.3 is 0 Å². The molecule has 31 heavy (non-hydrogen) atoms. The summed E-state index contributed by atoms with van der Waals surface area (Å²) >= 11 is 1.31.